The Kier molecular flexibility index (Phi) is 4.66. The fraction of sp³-hybridized carbons (Fsp3) is 0.286. The summed E-state index contributed by atoms with van der Waals surface area (Å²) in [5.74, 6) is 0.993. The Morgan fingerprint density at radius 3 is 2.74 bits per heavy atom. The van der Waals surface area contributed by atoms with Gasteiger partial charge in [-0.2, -0.15) is 0 Å². The predicted octanol–water partition coefficient (Wildman–Crippen LogP) is 2.16. The van der Waals surface area contributed by atoms with Crippen molar-refractivity contribution in [2.75, 3.05) is 27.7 Å². The van der Waals surface area contributed by atoms with Gasteiger partial charge in [0.05, 0.1) is 11.9 Å². The average Bonchev–Trinajstić information content (AvgIpc) is 3.31. The Bertz CT molecular complexity index is 1260. The van der Waals surface area contributed by atoms with E-state index < -0.39 is 10.0 Å². The second-order valence-electron chi connectivity index (χ2n) is 7.90. The van der Waals surface area contributed by atoms with E-state index in [1.807, 2.05) is 41.0 Å². The molecule has 0 saturated carbocycles. The lowest BCUT2D eigenvalue weighted by Gasteiger charge is -2.24. The Morgan fingerprint density at radius 1 is 1.16 bits per heavy atom. The molecule has 3 aromatic rings. The van der Waals surface area contributed by atoms with Gasteiger partial charge in [0.2, 0.25) is 27.8 Å². The second-order valence-corrected chi connectivity index (χ2v) is 9.64. The number of rotatable bonds is 5. The molecule has 3 heterocycles. The van der Waals surface area contributed by atoms with Crippen molar-refractivity contribution in [2.45, 2.75) is 19.4 Å². The number of carbonyl (C=O) groups is 1. The van der Waals surface area contributed by atoms with E-state index in [4.69, 9.17) is 0 Å². The first-order valence-corrected chi connectivity index (χ1v) is 11.9. The smallest absolute Gasteiger partial charge is 0.240 e. The van der Waals surface area contributed by atoms with Gasteiger partial charge in [-0.1, -0.05) is 30.3 Å². The maximum atomic E-state index is 13.2. The third-order valence-electron chi connectivity index (χ3n) is 5.59. The molecule has 10 heteroatoms. The normalized spacial score (nSPS) is 17.8. The number of anilines is 3. The van der Waals surface area contributed by atoms with Crippen LogP contribution in [0.4, 0.5) is 17.6 Å². The quantitative estimate of drug-likeness (QED) is 0.632. The number of hydrogen-bond acceptors (Lipinski definition) is 6. The molecule has 2 N–H and O–H groups in total. The molecule has 9 nitrogen and oxygen atoms in total. The highest BCUT2D eigenvalue weighted by atomic mass is 32.2. The molecule has 0 radical (unpaired) electrons. The highest BCUT2D eigenvalue weighted by molar-refractivity contribution is 7.92. The SMILES string of the molecule is CS(=O)(=O)Nc1ccc2c(c1)CNc1nnc(N3CCC(Cc4ccccc4)C3=O)n1-2. The molecule has 0 aliphatic carbocycles. The zero-order valence-electron chi connectivity index (χ0n) is 16.9. The molecule has 1 atom stereocenters. The van der Waals surface area contributed by atoms with Crippen molar-refractivity contribution >= 4 is 33.5 Å². The zero-order chi connectivity index (χ0) is 21.6. The second kappa shape index (κ2) is 7.38. The molecule has 1 saturated heterocycles. The van der Waals surface area contributed by atoms with Crippen LogP contribution in [0.2, 0.25) is 0 Å². The van der Waals surface area contributed by atoms with Gasteiger partial charge in [0.15, 0.2) is 0 Å². The zero-order valence-corrected chi connectivity index (χ0v) is 17.8. The molecule has 1 unspecified atom stereocenters. The van der Waals surface area contributed by atoms with Crippen LogP contribution in [0, 0.1) is 5.92 Å². The number of amides is 1. The minimum absolute atomic E-state index is 0.0431. The summed E-state index contributed by atoms with van der Waals surface area (Å²) in [5.41, 5.74) is 3.34. The molecular formula is C21H22N6O3S. The molecule has 1 aromatic heterocycles. The number of nitrogens with zero attached hydrogens (tertiary/aromatic N) is 4. The van der Waals surface area contributed by atoms with E-state index in [0.29, 0.717) is 37.1 Å². The van der Waals surface area contributed by atoms with Gasteiger partial charge < -0.3 is 5.32 Å². The summed E-state index contributed by atoms with van der Waals surface area (Å²) in [7, 11) is -3.37. The van der Waals surface area contributed by atoms with Crippen molar-refractivity contribution in [3.63, 3.8) is 0 Å². The van der Waals surface area contributed by atoms with Crippen LogP contribution in [0.15, 0.2) is 48.5 Å². The first kappa shape index (κ1) is 19.6. The summed E-state index contributed by atoms with van der Waals surface area (Å²) < 4.78 is 27.4. The van der Waals surface area contributed by atoms with E-state index in [1.165, 1.54) is 0 Å². The number of aromatic nitrogens is 3. The Hall–Kier alpha value is -3.40. The van der Waals surface area contributed by atoms with Crippen molar-refractivity contribution in [2.24, 2.45) is 5.92 Å². The summed E-state index contributed by atoms with van der Waals surface area (Å²) in [4.78, 5) is 14.9. The molecule has 2 aromatic carbocycles. The molecule has 1 fully saturated rings. The molecule has 2 aliphatic rings. The lowest BCUT2D eigenvalue weighted by Crippen LogP contribution is -2.31. The summed E-state index contributed by atoms with van der Waals surface area (Å²) in [6.45, 7) is 1.06. The van der Waals surface area contributed by atoms with Gasteiger partial charge in [-0.25, -0.2) is 13.0 Å². The largest absolute Gasteiger partial charge is 0.350 e. The maximum absolute atomic E-state index is 13.2. The summed E-state index contributed by atoms with van der Waals surface area (Å²) >= 11 is 0. The predicted molar refractivity (Wildman–Crippen MR) is 118 cm³/mol. The van der Waals surface area contributed by atoms with E-state index in [0.717, 1.165) is 29.5 Å². The van der Waals surface area contributed by atoms with Crippen LogP contribution in [0.25, 0.3) is 5.69 Å². The van der Waals surface area contributed by atoms with E-state index in [2.05, 4.69) is 20.2 Å². The van der Waals surface area contributed by atoms with Crippen molar-refractivity contribution in [1.82, 2.24) is 14.8 Å². The minimum atomic E-state index is -3.37. The Balaban J connectivity index is 1.44. The molecule has 0 spiro atoms. The number of hydrogen-bond donors (Lipinski definition) is 2. The van der Waals surface area contributed by atoms with Crippen LogP contribution < -0.4 is 14.9 Å². The summed E-state index contributed by atoms with van der Waals surface area (Å²) in [6, 6.07) is 15.3. The number of benzene rings is 2. The maximum Gasteiger partial charge on any atom is 0.240 e. The van der Waals surface area contributed by atoms with Crippen molar-refractivity contribution < 1.29 is 13.2 Å². The standard InChI is InChI=1S/C21H22N6O3S/c1-31(29,30)25-17-7-8-18-16(12-17)13-22-20-23-24-21(27(18)20)26-10-9-15(19(26)28)11-14-5-3-2-4-6-14/h2-8,12,15,25H,9-11,13H2,1H3,(H,22,23). The van der Waals surface area contributed by atoms with E-state index in [1.54, 1.807) is 17.0 Å². The van der Waals surface area contributed by atoms with Gasteiger partial charge >= 0.3 is 0 Å². The lowest BCUT2D eigenvalue weighted by molar-refractivity contribution is -0.120. The molecule has 2 aliphatic heterocycles. The topological polar surface area (TPSA) is 109 Å². The lowest BCUT2D eigenvalue weighted by atomic mass is 9.98. The van der Waals surface area contributed by atoms with Gasteiger partial charge in [-0.05, 0) is 42.2 Å². The molecular weight excluding hydrogens is 416 g/mol. The van der Waals surface area contributed by atoms with Crippen LogP contribution in [-0.4, -0.2) is 41.9 Å². The van der Waals surface area contributed by atoms with Crippen LogP contribution >= 0.6 is 0 Å². The van der Waals surface area contributed by atoms with E-state index in [-0.39, 0.29) is 11.8 Å². The number of fused-ring (bicyclic) bond motifs is 3. The van der Waals surface area contributed by atoms with Crippen molar-refractivity contribution in [1.29, 1.82) is 0 Å². The molecule has 0 bridgehead atoms. The molecule has 5 rings (SSSR count). The third-order valence-corrected chi connectivity index (χ3v) is 6.20. The third kappa shape index (κ3) is 3.74. The number of carbonyl (C=O) groups excluding carboxylic acids is 1. The first-order chi connectivity index (χ1) is 14.9. The highest BCUT2D eigenvalue weighted by Gasteiger charge is 2.36. The molecule has 1 amide bonds. The van der Waals surface area contributed by atoms with Crippen molar-refractivity contribution in [3.05, 3.63) is 59.7 Å². The van der Waals surface area contributed by atoms with Crippen LogP contribution in [0.3, 0.4) is 0 Å². The highest BCUT2D eigenvalue weighted by Crippen LogP contribution is 2.34. The summed E-state index contributed by atoms with van der Waals surface area (Å²) in [5, 5.41) is 11.7. The summed E-state index contributed by atoms with van der Waals surface area (Å²) in [6.07, 6.45) is 2.57. The fourth-order valence-electron chi connectivity index (χ4n) is 4.21. The number of nitrogens with one attached hydrogen (secondary N) is 2. The van der Waals surface area contributed by atoms with E-state index in [9.17, 15) is 13.2 Å². The van der Waals surface area contributed by atoms with Crippen LogP contribution in [0.1, 0.15) is 17.5 Å². The minimum Gasteiger partial charge on any atom is -0.350 e. The van der Waals surface area contributed by atoms with Crippen LogP contribution in [0.5, 0.6) is 0 Å². The van der Waals surface area contributed by atoms with E-state index >= 15 is 0 Å². The Morgan fingerprint density at radius 2 is 1.97 bits per heavy atom. The number of sulfonamides is 1. The van der Waals surface area contributed by atoms with Gasteiger partial charge in [-0.3, -0.25) is 14.4 Å². The molecule has 31 heavy (non-hydrogen) atoms. The first-order valence-electron chi connectivity index (χ1n) is 10.0. The fourth-order valence-corrected chi connectivity index (χ4v) is 4.76. The van der Waals surface area contributed by atoms with Gasteiger partial charge in [0, 0.05) is 24.7 Å². The Labute approximate surface area is 180 Å². The monoisotopic (exact) mass is 438 g/mol. The molecule has 160 valence electrons. The van der Waals surface area contributed by atoms with Gasteiger partial charge in [-0.15, -0.1) is 10.2 Å². The van der Waals surface area contributed by atoms with Crippen LogP contribution in [-0.2, 0) is 27.8 Å². The van der Waals surface area contributed by atoms with Gasteiger partial charge in [0.1, 0.15) is 0 Å². The van der Waals surface area contributed by atoms with Gasteiger partial charge in [0.25, 0.3) is 0 Å². The average molecular weight is 439 g/mol. The van der Waals surface area contributed by atoms with Crippen molar-refractivity contribution in [3.8, 4) is 5.69 Å².